The zero-order valence-electron chi connectivity index (χ0n) is 11.7. The van der Waals surface area contributed by atoms with Crippen molar-refractivity contribution in [2.75, 3.05) is 6.54 Å². The van der Waals surface area contributed by atoms with Crippen LogP contribution in [0.3, 0.4) is 0 Å². The lowest BCUT2D eigenvalue weighted by Gasteiger charge is -2.03. The van der Waals surface area contributed by atoms with Gasteiger partial charge in [-0.15, -0.1) is 11.3 Å². The topological polar surface area (TPSA) is 57.8 Å². The molecule has 2 N–H and O–H groups in total. The summed E-state index contributed by atoms with van der Waals surface area (Å²) in [6.45, 7) is 0.478. The number of rotatable bonds is 5. The van der Waals surface area contributed by atoms with E-state index in [2.05, 4.69) is 15.5 Å². The molecule has 112 valence electrons. The van der Waals surface area contributed by atoms with Gasteiger partial charge in [0.15, 0.2) is 5.69 Å². The highest BCUT2D eigenvalue weighted by atomic mass is 32.1. The number of hydrogen-bond donors (Lipinski definition) is 2. The molecule has 1 amide bonds. The van der Waals surface area contributed by atoms with E-state index < -0.39 is 0 Å². The molecule has 0 aliphatic heterocycles. The number of halogens is 1. The number of nitrogens with zero attached hydrogens (tertiary/aromatic N) is 1. The Hall–Kier alpha value is -2.47. The lowest BCUT2D eigenvalue weighted by atomic mass is 10.1. The standard InChI is InChI=1S/C16H14FN3OS/c17-12-5-3-11(4-6-12)7-8-18-16(21)14-10-13(19-20-14)15-2-1-9-22-15/h1-6,9-10H,7-8H2,(H,18,21)(H,19,20). The summed E-state index contributed by atoms with van der Waals surface area (Å²) in [4.78, 5) is 13.1. The van der Waals surface area contributed by atoms with E-state index in [0.717, 1.165) is 16.1 Å². The van der Waals surface area contributed by atoms with Crippen LogP contribution in [-0.4, -0.2) is 22.6 Å². The quantitative estimate of drug-likeness (QED) is 0.759. The van der Waals surface area contributed by atoms with Crippen molar-refractivity contribution in [3.05, 3.63) is 64.9 Å². The van der Waals surface area contributed by atoms with E-state index in [4.69, 9.17) is 0 Å². The second kappa shape index (κ2) is 6.53. The maximum absolute atomic E-state index is 12.8. The number of thiophene rings is 1. The molecule has 0 unspecified atom stereocenters. The Morgan fingerprint density at radius 2 is 2.09 bits per heavy atom. The van der Waals surface area contributed by atoms with Crippen LogP contribution in [0.1, 0.15) is 16.1 Å². The lowest BCUT2D eigenvalue weighted by molar-refractivity contribution is 0.0949. The zero-order valence-corrected chi connectivity index (χ0v) is 12.5. The molecular formula is C16H14FN3OS. The van der Waals surface area contributed by atoms with E-state index in [9.17, 15) is 9.18 Å². The van der Waals surface area contributed by atoms with Crippen molar-refractivity contribution in [2.45, 2.75) is 6.42 Å². The Labute approximate surface area is 131 Å². The smallest absolute Gasteiger partial charge is 0.271 e. The molecule has 0 fully saturated rings. The second-order valence-electron chi connectivity index (χ2n) is 4.78. The molecule has 0 atom stereocenters. The molecular weight excluding hydrogens is 301 g/mol. The minimum Gasteiger partial charge on any atom is -0.350 e. The summed E-state index contributed by atoms with van der Waals surface area (Å²) >= 11 is 1.58. The number of amides is 1. The van der Waals surface area contributed by atoms with Crippen LogP contribution < -0.4 is 5.32 Å². The largest absolute Gasteiger partial charge is 0.350 e. The van der Waals surface area contributed by atoms with Gasteiger partial charge < -0.3 is 5.32 Å². The molecule has 0 bridgehead atoms. The van der Waals surface area contributed by atoms with Crippen LogP contribution in [0, 0.1) is 5.82 Å². The van der Waals surface area contributed by atoms with E-state index in [1.54, 1.807) is 29.5 Å². The summed E-state index contributed by atoms with van der Waals surface area (Å²) in [6, 6.07) is 11.9. The van der Waals surface area contributed by atoms with Gasteiger partial charge in [-0.3, -0.25) is 9.89 Å². The summed E-state index contributed by atoms with van der Waals surface area (Å²) in [7, 11) is 0. The summed E-state index contributed by atoms with van der Waals surface area (Å²) in [5.74, 6) is -0.480. The third-order valence-corrected chi connectivity index (χ3v) is 4.11. The van der Waals surface area contributed by atoms with E-state index in [1.807, 2.05) is 17.5 Å². The van der Waals surface area contributed by atoms with Crippen molar-refractivity contribution >= 4 is 17.2 Å². The van der Waals surface area contributed by atoms with Crippen LogP contribution in [0.2, 0.25) is 0 Å². The zero-order chi connectivity index (χ0) is 15.4. The van der Waals surface area contributed by atoms with E-state index >= 15 is 0 Å². The van der Waals surface area contributed by atoms with E-state index in [0.29, 0.717) is 18.7 Å². The van der Waals surface area contributed by atoms with Crippen molar-refractivity contribution in [1.29, 1.82) is 0 Å². The van der Waals surface area contributed by atoms with Crippen molar-refractivity contribution in [3.8, 4) is 10.6 Å². The summed E-state index contributed by atoms with van der Waals surface area (Å²) in [6.07, 6.45) is 0.647. The fourth-order valence-corrected chi connectivity index (χ4v) is 2.75. The first-order valence-corrected chi connectivity index (χ1v) is 7.72. The Kier molecular flexibility index (Phi) is 4.29. The van der Waals surface area contributed by atoms with E-state index in [-0.39, 0.29) is 11.7 Å². The summed E-state index contributed by atoms with van der Waals surface area (Å²) < 4.78 is 12.8. The minimum atomic E-state index is -0.259. The average Bonchev–Trinajstić information content (AvgIpc) is 3.20. The first kappa shape index (κ1) is 14.5. The SMILES string of the molecule is O=C(NCCc1ccc(F)cc1)c1cc(-c2cccs2)[nH]n1. The van der Waals surface area contributed by atoms with Gasteiger partial charge >= 0.3 is 0 Å². The van der Waals surface area contributed by atoms with Gasteiger partial charge in [-0.25, -0.2) is 4.39 Å². The Morgan fingerprint density at radius 3 is 2.82 bits per heavy atom. The molecule has 6 heteroatoms. The van der Waals surface area contributed by atoms with Gasteiger partial charge in [-0.1, -0.05) is 18.2 Å². The fourth-order valence-electron chi connectivity index (χ4n) is 2.06. The molecule has 2 heterocycles. The normalized spacial score (nSPS) is 10.6. The van der Waals surface area contributed by atoms with Crippen LogP contribution in [0.4, 0.5) is 4.39 Å². The molecule has 0 saturated heterocycles. The lowest BCUT2D eigenvalue weighted by Crippen LogP contribution is -2.26. The van der Waals surface area contributed by atoms with Crippen LogP contribution in [0.15, 0.2) is 47.8 Å². The highest BCUT2D eigenvalue weighted by molar-refractivity contribution is 7.13. The summed E-state index contributed by atoms with van der Waals surface area (Å²) in [5.41, 5.74) is 2.17. The van der Waals surface area contributed by atoms with Crippen LogP contribution >= 0.6 is 11.3 Å². The number of hydrogen-bond acceptors (Lipinski definition) is 3. The van der Waals surface area contributed by atoms with Crippen molar-refractivity contribution in [2.24, 2.45) is 0 Å². The molecule has 4 nitrogen and oxygen atoms in total. The van der Waals surface area contributed by atoms with Crippen LogP contribution in [0.25, 0.3) is 10.6 Å². The number of aromatic amines is 1. The number of benzene rings is 1. The van der Waals surface area contributed by atoms with Crippen LogP contribution in [-0.2, 0) is 6.42 Å². The molecule has 22 heavy (non-hydrogen) atoms. The van der Waals surface area contributed by atoms with Gasteiger partial charge in [-0.2, -0.15) is 5.10 Å². The number of aromatic nitrogens is 2. The van der Waals surface area contributed by atoms with Crippen LogP contribution in [0.5, 0.6) is 0 Å². The second-order valence-corrected chi connectivity index (χ2v) is 5.72. The third kappa shape index (κ3) is 3.40. The maximum Gasteiger partial charge on any atom is 0.271 e. The predicted octanol–water partition coefficient (Wildman–Crippen LogP) is 3.25. The number of nitrogens with one attached hydrogen (secondary N) is 2. The van der Waals surface area contributed by atoms with Gasteiger partial charge in [0.2, 0.25) is 0 Å². The Morgan fingerprint density at radius 1 is 1.27 bits per heavy atom. The molecule has 0 saturated carbocycles. The first-order valence-electron chi connectivity index (χ1n) is 6.84. The Balaban J connectivity index is 1.55. The van der Waals surface area contributed by atoms with Crippen molar-refractivity contribution in [3.63, 3.8) is 0 Å². The number of H-pyrrole nitrogens is 1. The van der Waals surface area contributed by atoms with Gasteiger partial charge in [-0.05, 0) is 41.6 Å². The molecule has 0 radical (unpaired) electrons. The highest BCUT2D eigenvalue weighted by Gasteiger charge is 2.11. The average molecular weight is 315 g/mol. The maximum atomic E-state index is 12.8. The number of carbonyl (C=O) groups is 1. The molecule has 1 aromatic carbocycles. The van der Waals surface area contributed by atoms with Crippen molar-refractivity contribution < 1.29 is 9.18 Å². The molecule has 3 rings (SSSR count). The van der Waals surface area contributed by atoms with Gasteiger partial charge in [0.25, 0.3) is 5.91 Å². The third-order valence-electron chi connectivity index (χ3n) is 3.21. The summed E-state index contributed by atoms with van der Waals surface area (Å²) in [5, 5.41) is 11.7. The van der Waals surface area contributed by atoms with Gasteiger partial charge in [0.05, 0.1) is 10.6 Å². The molecule has 0 aliphatic carbocycles. The Bertz CT molecular complexity index is 750. The molecule has 3 aromatic rings. The van der Waals surface area contributed by atoms with Gasteiger partial charge in [0, 0.05) is 6.54 Å². The fraction of sp³-hybridized carbons (Fsp3) is 0.125. The highest BCUT2D eigenvalue weighted by Crippen LogP contribution is 2.22. The van der Waals surface area contributed by atoms with Crippen molar-refractivity contribution in [1.82, 2.24) is 15.5 Å². The van der Waals surface area contributed by atoms with E-state index in [1.165, 1.54) is 12.1 Å². The minimum absolute atomic E-state index is 0.221. The molecule has 0 aliphatic rings. The monoisotopic (exact) mass is 315 g/mol. The van der Waals surface area contributed by atoms with Gasteiger partial charge in [0.1, 0.15) is 5.82 Å². The molecule has 2 aromatic heterocycles. The molecule has 0 spiro atoms. The first-order chi connectivity index (χ1) is 10.7. The predicted molar refractivity (Wildman–Crippen MR) is 84.3 cm³/mol. The number of carbonyl (C=O) groups excluding carboxylic acids is 1.